The fraction of sp³-hybridized carbons (Fsp3) is 0.269. The number of hydrogen-bond acceptors (Lipinski definition) is 3. The molecule has 0 saturated heterocycles. The number of fused-ring (bicyclic) bond motifs is 1. The van der Waals surface area contributed by atoms with Gasteiger partial charge >= 0.3 is 0 Å². The first kappa shape index (κ1) is 20.7. The lowest BCUT2D eigenvalue weighted by Gasteiger charge is -2.14. The van der Waals surface area contributed by atoms with Crippen molar-refractivity contribution in [2.45, 2.75) is 36.6 Å². The Bertz CT molecular complexity index is 1040. The van der Waals surface area contributed by atoms with Gasteiger partial charge < -0.3 is 10.2 Å². The van der Waals surface area contributed by atoms with Gasteiger partial charge in [-0.15, -0.1) is 11.8 Å². The van der Waals surface area contributed by atoms with Gasteiger partial charge in [0.1, 0.15) is 0 Å². The molecule has 1 amide bonds. The predicted molar refractivity (Wildman–Crippen MR) is 126 cm³/mol. The standard InChI is InChI=1S/C26H28N2OS/c1-18-8-11-21-15-25(30-24(21)14-18)26(29)27-16-22-6-4-5-7-23(22)20-12-9-19(10-13-20)17-28(2)3/h4-14,25H,15-17H2,1-3H3,(H,27,29). The van der Waals surface area contributed by atoms with E-state index in [1.165, 1.54) is 32.7 Å². The van der Waals surface area contributed by atoms with Crippen molar-refractivity contribution in [1.82, 2.24) is 10.2 Å². The maximum absolute atomic E-state index is 12.8. The van der Waals surface area contributed by atoms with Crippen LogP contribution in [0.2, 0.25) is 0 Å². The van der Waals surface area contributed by atoms with Gasteiger partial charge in [0.05, 0.1) is 5.25 Å². The maximum atomic E-state index is 12.8. The molecule has 0 fully saturated rings. The minimum atomic E-state index is -0.0423. The Hall–Kier alpha value is -2.56. The van der Waals surface area contributed by atoms with Crippen molar-refractivity contribution in [3.8, 4) is 11.1 Å². The monoisotopic (exact) mass is 416 g/mol. The third-order valence-electron chi connectivity index (χ3n) is 5.42. The highest BCUT2D eigenvalue weighted by molar-refractivity contribution is 8.01. The molecule has 30 heavy (non-hydrogen) atoms. The molecule has 3 aromatic rings. The third kappa shape index (κ3) is 4.77. The molecule has 3 aromatic carbocycles. The van der Waals surface area contributed by atoms with Crippen LogP contribution in [-0.4, -0.2) is 30.2 Å². The SMILES string of the molecule is Cc1ccc2c(c1)SC(C(=O)NCc1ccccc1-c1ccc(CN(C)C)cc1)C2. The van der Waals surface area contributed by atoms with Crippen molar-refractivity contribution in [2.75, 3.05) is 14.1 Å². The van der Waals surface area contributed by atoms with Gasteiger partial charge in [-0.2, -0.15) is 0 Å². The summed E-state index contributed by atoms with van der Waals surface area (Å²) < 4.78 is 0. The van der Waals surface area contributed by atoms with Gasteiger partial charge in [0.25, 0.3) is 0 Å². The molecule has 4 heteroatoms. The summed E-state index contributed by atoms with van der Waals surface area (Å²) in [6, 6.07) is 23.5. The highest BCUT2D eigenvalue weighted by atomic mass is 32.2. The first-order chi connectivity index (χ1) is 14.5. The van der Waals surface area contributed by atoms with Crippen molar-refractivity contribution >= 4 is 17.7 Å². The summed E-state index contributed by atoms with van der Waals surface area (Å²) in [5.74, 6) is 0.116. The average Bonchev–Trinajstić information content (AvgIpc) is 3.16. The van der Waals surface area contributed by atoms with Crippen molar-refractivity contribution in [3.05, 3.63) is 89.0 Å². The number of carbonyl (C=O) groups is 1. The van der Waals surface area contributed by atoms with Crippen LogP contribution >= 0.6 is 11.8 Å². The van der Waals surface area contributed by atoms with Crippen molar-refractivity contribution in [2.24, 2.45) is 0 Å². The summed E-state index contributed by atoms with van der Waals surface area (Å²) in [5, 5.41) is 3.13. The number of amides is 1. The van der Waals surface area contributed by atoms with Gasteiger partial charge in [0.15, 0.2) is 0 Å². The second kappa shape index (κ2) is 9.07. The van der Waals surface area contributed by atoms with Crippen molar-refractivity contribution in [1.29, 1.82) is 0 Å². The number of rotatable bonds is 6. The molecule has 1 heterocycles. The molecule has 4 rings (SSSR count). The van der Waals surface area contributed by atoms with E-state index in [0.29, 0.717) is 6.54 Å². The molecule has 0 radical (unpaired) electrons. The first-order valence-electron chi connectivity index (χ1n) is 10.4. The Kier molecular flexibility index (Phi) is 6.26. The smallest absolute Gasteiger partial charge is 0.234 e. The number of hydrogen-bond donors (Lipinski definition) is 1. The van der Waals surface area contributed by atoms with E-state index in [4.69, 9.17) is 0 Å². The Balaban J connectivity index is 1.43. The van der Waals surface area contributed by atoms with Crippen LogP contribution in [0.15, 0.2) is 71.6 Å². The molecule has 3 nitrogen and oxygen atoms in total. The second-order valence-electron chi connectivity index (χ2n) is 8.23. The fourth-order valence-electron chi connectivity index (χ4n) is 3.89. The van der Waals surface area contributed by atoms with Gasteiger partial charge in [-0.3, -0.25) is 4.79 Å². The van der Waals surface area contributed by atoms with Gasteiger partial charge in [-0.25, -0.2) is 0 Å². The molecule has 1 atom stereocenters. The van der Waals surface area contributed by atoms with Gasteiger partial charge in [0, 0.05) is 18.0 Å². The molecule has 1 N–H and O–H groups in total. The fourth-order valence-corrected chi connectivity index (χ4v) is 5.20. The van der Waals surface area contributed by atoms with Gasteiger partial charge in [-0.1, -0.05) is 66.2 Å². The maximum Gasteiger partial charge on any atom is 0.234 e. The van der Waals surface area contributed by atoms with E-state index in [1.807, 2.05) is 6.07 Å². The van der Waals surface area contributed by atoms with E-state index >= 15 is 0 Å². The highest BCUT2D eigenvalue weighted by Crippen LogP contribution is 2.37. The predicted octanol–water partition coefficient (Wildman–Crippen LogP) is 5.06. The molecule has 1 aliphatic rings. The lowest BCUT2D eigenvalue weighted by atomic mass is 9.98. The van der Waals surface area contributed by atoms with Gasteiger partial charge in [-0.05, 0) is 61.3 Å². The highest BCUT2D eigenvalue weighted by Gasteiger charge is 2.28. The summed E-state index contributed by atoms with van der Waals surface area (Å²) in [7, 11) is 4.16. The van der Waals surface area contributed by atoms with Crippen LogP contribution in [-0.2, 0) is 24.3 Å². The number of benzene rings is 3. The normalized spacial score (nSPS) is 15.3. The van der Waals surface area contributed by atoms with E-state index in [1.54, 1.807) is 11.8 Å². The lowest BCUT2D eigenvalue weighted by molar-refractivity contribution is -0.120. The van der Waals surface area contributed by atoms with E-state index in [0.717, 1.165) is 18.5 Å². The number of nitrogens with one attached hydrogen (secondary N) is 1. The summed E-state index contributed by atoms with van der Waals surface area (Å²) in [4.78, 5) is 16.2. The molecular weight excluding hydrogens is 388 g/mol. The molecule has 0 spiro atoms. The molecule has 1 unspecified atom stereocenters. The molecule has 0 aromatic heterocycles. The Morgan fingerprint density at radius 1 is 1.07 bits per heavy atom. The lowest BCUT2D eigenvalue weighted by Crippen LogP contribution is -2.32. The Morgan fingerprint density at radius 3 is 2.60 bits per heavy atom. The third-order valence-corrected chi connectivity index (χ3v) is 6.72. The quantitative estimate of drug-likeness (QED) is 0.610. The van der Waals surface area contributed by atoms with Crippen LogP contribution < -0.4 is 5.32 Å². The van der Waals surface area contributed by atoms with Gasteiger partial charge in [0.2, 0.25) is 5.91 Å². The van der Waals surface area contributed by atoms with E-state index in [9.17, 15) is 4.79 Å². The van der Waals surface area contributed by atoms with Crippen LogP contribution in [0.1, 0.15) is 22.3 Å². The minimum Gasteiger partial charge on any atom is -0.351 e. The molecule has 0 saturated carbocycles. The van der Waals surface area contributed by atoms with Crippen molar-refractivity contribution < 1.29 is 4.79 Å². The Morgan fingerprint density at radius 2 is 1.83 bits per heavy atom. The van der Waals surface area contributed by atoms with Crippen LogP contribution in [0.5, 0.6) is 0 Å². The first-order valence-corrected chi connectivity index (χ1v) is 11.2. The summed E-state index contributed by atoms with van der Waals surface area (Å²) >= 11 is 1.68. The number of aryl methyl sites for hydroxylation is 1. The molecular formula is C26H28N2OS. The number of carbonyl (C=O) groups excluding carboxylic acids is 1. The topological polar surface area (TPSA) is 32.3 Å². The summed E-state index contributed by atoms with van der Waals surface area (Å²) in [5.41, 5.74) is 7.31. The van der Waals surface area contributed by atoms with Crippen molar-refractivity contribution in [3.63, 3.8) is 0 Å². The average molecular weight is 417 g/mol. The minimum absolute atomic E-state index is 0.0423. The zero-order valence-corrected chi connectivity index (χ0v) is 18.6. The van der Waals surface area contributed by atoms with E-state index in [2.05, 4.69) is 91.9 Å². The molecule has 0 aliphatic carbocycles. The number of nitrogens with zero attached hydrogens (tertiary/aromatic N) is 1. The molecule has 1 aliphatic heterocycles. The van der Waals surface area contributed by atoms with E-state index in [-0.39, 0.29) is 11.2 Å². The molecule has 0 bridgehead atoms. The largest absolute Gasteiger partial charge is 0.351 e. The molecule has 154 valence electrons. The van der Waals surface area contributed by atoms with Crippen LogP contribution in [0.25, 0.3) is 11.1 Å². The Labute approximate surface area is 183 Å². The summed E-state index contributed by atoms with van der Waals surface area (Å²) in [6.45, 7) is 3.57. The zero-order chi connectivity index (χ0) is 21.1. The summed E-state index contributed by atoms with van der Waals surface area (Å²) in [6.07, 6.45) is 0.807. The van der Waals surface area contributed by atoms with Crippen LogP contribution in [0.4, 0.5) is 0 Å². The van der Waals surface area contributed by atoms with Crippen LogP contribution in [0.3, 0.4) is 0 Å². The second-order valence-corrected chi connectivity index (χ2v) is 9.48. The van der Waals surface area contributed by atoms with Crippen LogP contribution in [0, 0.1) is 6.92 Å². The van der Waals surface area contributed by atoms with E-state index < -0.39 is 0 Å². The number of thioether (sulfide) groups is 1. The zero-order valence-electron chi connectivity index (χ0n) is 17.8.